The van der Waals surface area contributed by atoms with E-state index in [4.69, 9.17) is 9.84 Å². The van der Waals surface area contributed by atoms with Crippen LogP contribution in [0.4, 0.5) is 14.5 Å². The first kappa shape index (κ1) is 19.1. The average Bonchev–Trinajstić information content (AvgIpc) is 2.61. The number of ether oxygens (including phenoxy) is 1. The number of hydrogen-bond donors (Lipinski definition) is 1. The largest absolute Gasteiger partial charge is 0.482 e. The van der Waals surface area contributed by atoms with Crippen LogP contribution < -0.4 is 9.04 Å². The molecule has 2 aromatic carbocycles. The van der Waals surface area contributed by atoms with E-state index in [1.54, 1.807) is 6.92 Å². The Morgan fingerprint density at radius 2 is 1.93 bits per heavy atom. The van der Waals surface area contributed by atoms with Gasteiger partial charge >= 0.3 is 5.97 Å². The predicted octanol–water partition coefficient (Wildman–Crippen LogP) is 2.88. The van der Waals surface area contributed by atoms with Gasteiger partial charge in [-0.2, -0.15) is 0 Å². The predicted molar refractivity (Wildman–Crippen MR) is 93.5 cm³/mol. The average molecular weight is 397 g/mol. The first-order chi connectivity index (χ1) is 12.7. The summed E-state index contributed by atoms with van der Waals surface area (Å²) in [7, 11) is -4.00. The number of rotatable bonds is 5. The number of carbonyl (C=O) groups is 1. The van der Waals surface area contributed by atoms with E-state index < -0.39 is 34.2 Å². The SMILES string of the molecule is Cc1cc(S(=O)(=O)N2CCCc3cc(F)c(F)cc32)ccc1OCC(=O)O. The summed E-state index contributed by atoms with van der Waals surface area (Å²) in [5.74, 6) is -3.01. The van der Waals surface area contributed by atoms with E-state index in [1.807, 2.05) is 0 Å². The molecule has 6 nitrogen and oxygen atoms in total. The summed E-state index contributed by atoms with van der Waals surface area (Å²) in [5, 5.41) is 8.67. The molecule has 2 aromatic rings. The zero-order valence-corrected chi connectivity index (χ0v) is 15.2. The number of aliphatic carboxylic acids is 1. The standard InChI is InChI=1S/C18H17F2NO5S/c1-11-7-13(4-5-17(11)26-10-18(22)23)27(24,25)21-6-2-3-12-8-14(19)15(20)9-16(12)21/h4-5,7-9H,2-3,6,10H2,1H3,(H,22,23). The third-order valence-corrected chi connectivity index (χ3v) is 6.09. The van der Waals surface area contributed by atoms with E-state index in [1.165, 1.54) is 18.2 Å². The van der Waals surface area contributed by atoms with Gasteiger partial charge in [-0.15, -0.1) is 0 Å². The molecular weight excluding hydrogens is 380 g/mol. The Balaban J connectivity index is 1.97. The van der Waals surface area contributed by atoms with Gasteiger partial charge in [0.05, 0.1) is 10.6 Å². The molecule has 1 aliphatic rings. The van der Waals surface area contributed by atoms with Crippen LogP contribution in [0.25, 0.3) is 0 Å². The highest BCUT2D eigenvalue weighted by atomic mass is 32.2. The number of carboxylic acids is 1. The Morgan fingerprint density at radius 1 is 1.22 bits per heavy atom. The van der Waals surface area contributed by atoms with Crippen molar-refractivity contribution in [3.05, 3.63) is 53.1 Å². The number of carboxylic acid groups (broad SMARTS) is 1. The number of nitrogens with zero attached hydrogens (tertiary/aromatic N) is 1. The fourth-order valence-corrected chi connectivity index (χ4v) is 4.62. The Kier molecular flexibility index (Phi) is 5.05. The normalized spacial score (nSPS) is 14.0. The Hall–Kier alpha value is -2.68. The van der Waals surface area contributed by atoms with Gasteiger partial charge in [0, 0.05) is 12.6 Å². The molecule has 1 N–H and O–H groups in total. The topological polar surface area (TPSA) is 83.9 Å². The van der Waals surface area contributed by atoms with Crippen LogP contribution in [0.5, 0.6) is 5.75 Å². The molecule has 1 heterocycles. The highest BCUT2D eigenvalue weighted by Gasteiger charge is 2.30. The molecule has 0 atom stereocenters. The number of aryl methyl sites for hydroxylation is 2. The minimum Gasteiger partial charge on any atom is -0.482 e. The molecule has 1 aliphatic heterocycles. The molecule has 0 saturated heterocycles. The Bertz CT molecular complexity index is 1010. The maximum Gasteiger partial charge on any atom is 0.341 e. The summed E-state index contributed by atoms with van der Waals surface area (Å²) in [5.41, 5.74) is 1.01. The van der Waals surface area contributed by atoms with Crippen molar-refractivity contribution in [2.45, 2.75) is 24.7 Å². The van der Waals surface area contributed by atoms with Gasteiger partial charge in [-0.05, 0) is 55.2 Å². The summed E-state index contributed by atoms with van der Waals surface area (Å²) in [6.45, 7) is 1.20. The van der Waals surface area contributed by atoms with E-state index in [9.17, 15) is 22.0 Å². The third-order valence-electron chi connectivity index (χ3n) is 4.28. The number of benzene rings is 2. The van der Waals surface area contributed by atoms with E-state index in [2.05, 4.69) is 0 Å². The Morgan fingerprint density at radius 3 is 2.59 bits per heavy atom. The van der Waals surface area contributed by atoms with Crippen LogP contribution in [0.15, 0.2) is 35.2 Å². The fourth-order valence-electron chi connectivity index (χ4n) is 3.00. The van der Waals surface area contributed by atoms with Gasteiger partial charge in [-0.1, -0.05) is 0 Å². The van der Waals surface area contributed by atoms with Crippen LogP contribution in [-0.2, 0) is 21.2 Å². The molecule has 144 valence electrons. The zero-order valence-electron chi connectivity index (χ0n) is 14.4. The molecule has 9 heteroatoms. The van der Waals surface area contributed by atoms with Gasteiger partial charge in [-0.25, -0.2) is 22.0 Å². The fraction of sp³-hybridized carbons (Fsp3) is 0.278. The van der Waals surface area contributed by atoms with E-state index in [-0.39, 0.29) is 22.9 Å². The maximum atomic E-state index is 13.7. The molecular formula is C18H17F2NO5S. The number of halogens is 2. The molecule has 0 aliphatic carbocycles. The van der Waals surface area contributed by atoms with Crippen molar-refractivity contribution in [1.29, 1.82) is 0 Å². The second kappa shape index (κ2) is 7.15. The molecule has 27 heavy (non-hydrogen) atoms. The maximum absolute atomic E-state index is 13.7. The lowest BCUT2D eigenvalue weighted by atomic mass is 10.0. The molecule has 0 saturated carbocycles. The summed E-state index contributed by atoms with van der Waals surface area (Å²) in [6.07, 6.45) is 0.940. The summed E-state index contributed by atoms with van der Waals surface area (Å²) >= 11 is 0. The molecule has 0 unspecified atom stereocenters. The van der Waals surface area contributed by atoms with Crippen molar-refractivity contribution in [3.63, 3.8) is 0 Å². The molecule has 0 radical (unpaired) electrons. The van der Waals surface area contributed by atoms with Crippen LogP contribution in [0.1, 0.15) is 17.5 Å². The van der Waals surface area contributed by atoms with Gasteiger partial charge in [0.25, 0.3) is 10.0 Å². The number of sulfonamides is 1. The molecule has 0 aromatic heterocycles. The van der Waals surface area contributed by atoms with Gasteiger partial charge in [0.15, 0.2) is 18.2 Å². The minimum absolute atomic E-state index is 0.0414. The summed E-state index contributed by atoms with van der Waals surface area (Å²) in [4.78, 5) is 10.6. The number of hydrogen-bond acceptors (Lipinski definition) is 4. The van der Waals surface area contributed by atoms with Crippen molar-refractivity contribution >= 4 is 21.7 Å². The lowest BCUT2D eigenvalue weighted by Crippen LogP contribution is -2.35. The molecule has 3 rings (SSSR count). The zero-order chi connectivity index (χ0) is 19.8. The molecule has 0 bridgehead atoms. The van der Waals surface area contributed by atoms with Crippen molar-refractivity contribution < 1.29 is 31.8 Å². The van der Waals surface area contributed by atoms with Gasteiger partial charge < -0.3 is 9.84 Å². The lowest BCUT2D eigenvalue weighted by Gasteiger charge is -2.30. The van der Waals surface area contributed by atoms with Crippen LogP contribution in [0.2, 0.25) is 0 Å². The lowest BCUT2D eigenvalue weighted by molar-refractivity contribution is -0.139. The highest BCUT2D eigenvalue weighted by Crippen LogP contribution is 2.34. The molecule has 0 spiro atoms. The van der Waals surface area contributed by atoms with E-state index in [0.29, 0.717) is 24.0 Å². The van der Waals surface area contributed by atoms with Gasteiger partial charge in [0.2, 0.25) is 0 Å². The van der Waals surface area contributed by atoms with Crippen LogP contribution in [0.3, 0.4) is 0 Å². The van der Waals surface area contributed by atoms with Gasteiger partial charge in [0.1, 0.15) is 5.75 Å². The van der Waals surface area contributed by atoms with Crippen molar-refractivity contribution in [1.82, 2.24) is 0 Å². The van der Waals surface area contributed by atoms with Crippen LogP contribution >= 0.6 is 0 Å². The molecule has 0 fully saturated rings. The first-order valence-electron chi connectivity index (χ1n) is 8.16. The second-order valence-electron chi connectivity index (χ2n) is 6.19. The minimum atomic E-state index is -4.00. The highest BCUT2D eigenvalue weighted by molar-refractivity contribution is 7.92. The van der Waals surface area contributed by atoms with Crippen molar-refractivity contribution in [2.75, 3.05) is 17.5 Å². The third kappa shape index (κ3) is 3.73. The van der Waals surface area contributed by atoms with Crippen LogP contribution in [0, 0.1) is 18.6 Å². The second-order valence-corrected chi connectivity index (χ2v) is 8.05. The van der Waals surface area contributed by atoms with E-state index in [0.717, 1.165) is 16.4 Å². The summed E-state index contributed by atoms with van der Waals surface area (Å²) < 4.78 is 59.4. The van der Waals surface area contributed by atoms with Crippen LogP contribution in [-0.4, -0.2) is 32.6 Å². The van der Waals surface area contributed by atoms with Crippen molar-refractivity contribution in [2.24, 2.45) is 0 Å². The van der Waals surface area contributed by atoms with Crippen molar-refractivity contribution in [3.8, 4) is 5.75 Å². The number of anilines is 1. The first-order valence-corrected chi connectivity index (χ1v) is 9.60. The monoisotopic (exact) mass is 397 g/mol. The summed E-state index contributed by atoms with van der Waals surface area (Å²) in [6, 6.07) is 5.97. The van der Waals surface area contributed by atoms with E-state index >= 15 is 0 Å². The number of fused-ring (bicyclic) bond motifs is 1. The smallest absolute Gasteiger partial charge is 0.341 e. The quantitative estimate of drug-likeness (QED) is 0.839. The Labute approximate surface area is 155 Å². The molecule has 0 amide bonds. The van der Waals surface area contributed by atoms with Gasteiger partial charge in [-0.3, -0.25) is 4.31 Å².